The number of rotatable bonds is 5. The largest absolute Gasteiger partial charge is 0.496 e. The van der Waals surface area contributed by atoms with Crippen LogP contribution in [0.1, 0.15) is 22.8 Å². The van der Waals surface area contributed by atoms with Crippen LogP contribution in [0.2, 0.25) is 0 Å². The Morgan fingerprint density at radius 1 is 1.45 bits per heavy atom. The van der Waals surface area contributed by atoms with Crippen molar-refractivity contribution in [3.05, 3.63) is 46.2 Å². The molecule has 0 aliphatic heterocycles. The highest BCUT2D eigenvalue weighted by Gasteiger charge is 2.10. The first kappa shape index (κ1) is 14.6. The Labute approximate surface area is 125 Å². The summed E-state index contributed by atoms with van der Waals surface area (Å²) in [7, 11) is 1.62. The number of carbonyl (C=O) groups excluding carboxylic acids is 1. The fourth-order valence-corrected chi connectivity index (χ4v) is 2.35. The van der Waals surface area contributed by atoms with Crippen LogP contribution in [-0.2, 0) is 11.3 Å². The first-order valence-corrected chi connectivity index (χ1v) is 6.95. The molecule has 106 valence electrons. The van der Waals surface area contributed by atoms with E-state index in [9.17, 15) is 4.79 Å². The maximum atomic E-state index is 11.5. The van der Waals surface area contributed by atoms with E-state index < -0.39 is 0 Å². The van der Waals surface area contributed by atoms with E-state index in [0.29, 0.717) is 18.7 Å². The number of hydrogen-bond acceptors (Lipinski definition) is 4. The van der Waals surface area contributed by atoms with Gasteiger partial charge in [0.2, 0.25) is 0 Å². The van der Waals surface area contributed by atoms with E-state index in [1.54, 1.807) is 24.9 Å². The second-order valence-electron chi connectivity index (χ2n) is 4.12. The zero-order chi connectivity index (χ0) is 14.5. The lowest BCUT2D eigenvalue weighted by molar-refractivity contribution is 0.0526. The van der Waals surface area contributed by atoms with Crippen molar-refractivity contribution in [3.8, 4) is 5.75 Å². The summed E-state index contributed by atoms with van der Waals surface area (Å²) < 4.78 is 12.7. The highest BCUT2D eigenvalue weighted by Crippen LogP contribution is 2.25. The average Bonchev–Trinajstić information content (AvgIpc) is 2.88. The van der Waals surface area contributed by atoms with E-state index in [2.05, 4.69) is 21.0 Å². The molecule has 0 unspecified atom stereocenters. The SMILES string of the molecule is CCOC(=O)c1cnn(Cc2ccc(OC)c(Br)c2)c1. The van der Waals surface area contributed by atoms with Gasteiger partial charge in [0.15, 0.2) is 0 Å². The third-order valence-electron chi connectivity index (χ3n) is 2.71. The topological polar surface area (TPSA) is 53.3 Å². The van der Waals surface area contributed by atoms with Crippen molar-refractivity contribution >= 4 is 21.9 Å². The molecule has 0 atom stereocenters. The first-order valence-electron chi connectivity index (χ1n) is 6.16. The Morgan fingerprint density at radius 3 is 2.90 bits per heavy atom. The molecule has 1 heterocycles. The van der Waals surface area contributed by atoms with Crippen LogP contribution in [0.5, 0.6) is 5.75 Å². The zero-order valence-corrected chi connectivity index (χ0v) is 12.9. The molecule has 0 aliphatic rings. The van der Waals surface area contributed by atoms with Crippen molar-refractivity contribution in [3.63, 3.8) is 0 Å². The van der Waals surface area contributed by atoms with Crippen LogP contribution in [0.4, 0.5) is 0 Å². The van der Waals surface area contributed by atoms with Crippen LogP contribution >= 0.6 is 15.9 Å². The standard InChI is InChI=1S/C14H15BrN2O3/c1-3-20-14(18)11-7-16-17(9-11)8-10-4-5-13(19-2)12(15)6-10/h4-7,9H,3,8H2,1-2H3. The zero-order valence-electron chi connectivity index (χ0n) is 11.3. The fourth-order valence-electron chi connectivity index (χ4n) is 1.77. The van der Waals surface area contributed by atoms with Gasteiger partial charge in [0.25, 0.3) is 0 Å². The lowest BCUT2D eigenvalue weighted by Crippen LogP contribution is -2.04. The Hall–Kier alpha value is -1.82. The minimum Gasteiger partial charge on any atom is -0.496 e. The van der Waals surface area contributed by atoms with Gasteiger partial charge >= 0.3 is 5.97 Å². The third kappa shape index (κ3) is 3.39. The highest BCUT2D eigenvalue weighted by molar-refractivity contribution is 9.10. The molecule has 0 saturated carbocycles. The van der Waals surface area contributed by atoms with Crippen LogP contribution in [0.15, 0.2) is 35.1 Å². The van der Waals surface area contributed by atoms with Crippen LogP contribution in [0.25, 0.3) is 0 Å². The second kappa shape index (κ2) is 6.56. The molecule has 0 aliphatic carbocycles. The molecule has 0 saturated heterocycles. The quantitative estimate of drug-likeness (QED) is 0.786. The van der Waals surface area contributed by atoms with Crippen molar-refractivity contribution in [1.29, 1.82) is 0 Å². The normalized spacial score (nSPS) is 10.3. The van der Waals surface area contributed by atoms with Crippen molar-refractivity contribution in [2.75, 3.05) is 13.7 Å². The smallest absolute Gasteiger partial charge is 0.341 e. The number of benzene rings is 1. The van der Waals surface area contributed by atoms with E-state index in [0.717, 1.165) is 15.8 Å². The molecule has 2 rings (SSSR count). The van der Waals surface area contributed by atoms with Gasteiger partial charge in [-0.1, -0.05) is 6.07 Å². The second-order valence-corrected chi connectivity index (χ2v) is 4.97. The van der Waals surface area contributed by atoms with E-state index in [1.807, 2.05) is 18.2 Å². The molecule has 20 heavy (non-hydrogen) atoms. The van der Waals surface area contributed by atoms with E-state index in [4.69, 9.17) is 9.47 Å². The van der Waals surface area contributed by atoms with E-state index in [-0.39, 0.29) is 5.97 Å². The molecular formula is C14H15BrN2O3. The summed E-state index contributed by atoms with van der Waals surface area (Å²) in [6.45, 7) is 2.70. The molecule has 1 aromatic carbocycles. The number of carbonyl (C=O) groups is 1. The molecular weight excluding hydrogens is 324 g/mol. The maximum absolute atomic E-state index is 11.5. The Bertz CT molecular complexity index is 610. The number of ether oxygens (including phenoxy) is 2. The minimum absolute atomic E-state index is 0.352. The Balaban J connectivity index is 2.10. The molecule has 6 heteroatoms. The molecule has 0 N–H and O–H groups in total. The molecule has 0 amide bonds. The lowest BCUT2D eigenvalue weighted by atomic mass is 10.2. The fraction of sp³-hybridized carbons (Fsp3) is 0.286. The predicted octanol–water partition coefficient (Wildman–Crippen LogP) is 2.88. The molecule has 0 fully saturated rings. The summed E-state index contributed by atoms with van der Waals surface area (Å²) in [5.41, 5.74) is 1.51. The van der Waals surface area contributed by atoms with Crippen LogP contribution in [-0.4, -0.2) is 29.5 Å². The first-order chi connectivity index (χ1) is 9.63. The number of nitrogens with zero attached hydrogens (tertiary/aromatic N) is 2. The maximum Gasteiger partial charge on any atom is 0.341 e. The third-order valence-corrected chi connectivity index (χ3v) is 3.32. The number of halogens is 1. The minimum atomic E-state index is -0.352. The summed E-state index contributed by atoms with van der Waals surface area (Å²) in [5.74, 6) is 0.427. The van der Waals surface area contributed by atoms with Crippen molar-refractivity contribution < 1.29 is 14.3 Å². The Morgan fingerprint density at radius 2 is 2.25 bits per heavy atom. The van der Waals surface area contributed by atoms with Crippen LogP contribution < -0.4 is 4.74 Å². The van der Waals surface area contributed by atoms with Gasteiger partial charge in [-0.25, -0.2) is 4.79 Å². The van der Waals surface area contributed by atoms with Gasteiger partial charge in [0.05, 0.1) is 36.5 Å². The van der Waals surface area contributed by atoms with Gasteiger partial charge in [-0.05, 0) is 40.5 Å². The highest BCUT2D eigenvalue weighted by atomic mass is 79.9. The Kier molecular flexibility index (Phi) is 4.79. The average molecular weight is 339 g/mol. The summed E-state index contributed by atoms with van der Waals surface area (Å²) in [6, 6.07) is 5.80. The monoisotopic (exact) mass is 338 g/mol. The summed E-state index contributed by atoms with van der Waals surface area (Å²) in [4.78, 5) is 11.5. The van der Waals surface area contributed by atoms with E-state index >= 15 is 0 Å². The van der Waals surface area contributed by atoms with Crippen molar-refractivity contribution in [2.24, 2.45) is 0 Å². The predicted molar refractivity (Wildman–Crippen MR) is 78.0 cm³/mol. The molecule has 0 bridgehead atoms. The number of hydrogen-bond donors (Lipinski definition) is 0. The van der Waals surface area contributed by atoms with Crippen LogP contribution in [0, 0.1) is 0 Å². The van der Waals surface area contributed by atoms with Crippen molar-refractivity contribution in [1.82, 2.24) is 9.78 Å². The van der Waals surface area contributed by atoms with E-state index in [1.165, 1.54) is 6.20 Å². The molecule has 2 aromatic rings. The molecule has 1 aromatic heterocycles. The van der Waals surface area contributed by atoms with Gasteiger partial charge in [-0.15, -0.1) is 0 Å². The molecule has 0 radical (unpaired) electrons. The molecule has 0 spiro atoms. The summed E-state index contributed by atoms with van der Waals surface area (Å²) >= 11 is 3.44. The van der Waals surface area contributed by atoms with Gasteiger partial charge in [0.1, 0.15) is 5.75 Å². The molecule has 5 nitrogen and oxygen atoms in total. The van der Waals surface area contributed by atoms with Crippen LogP contribution in [0.3, 0.4) is 0 Å². The summed E-state index contributed by atoms with van der Waals surface area (Å²) in [5, 5.41) is 4.16. The van der Waals surface area contributed by atoms with Gasteiger partial charge in [-0.3, -0.25) is 4.68 Å². The van der Waals surface area contributed by atoms with Crippen molar-refractivity contribution in [2.45, 2.75) is 13.5 Å². The number of aromatic nitrogens is 2. The number of methoxy groups -OCH3 is 1. The lowest BCUT2D eigenvalue weighted by Gasteiger charge is -2.06. The summed E-state index contributed by atoms with van der Waals surface area (Å²) in [6.07, 6.45) is 3.19. The van der Waals surface area contributed by atoms with Gasteiger partial charge in [-0.2, -0.15) is 5.10 Å². The van der Waals surface area contributed by atoms with Gasteiger partial charge in [0, 0.05) is 6.20 Å². The number of esters is 1. The van der Waals surface area contributed by atoms with Gasteiger partial charge < -0.3 is 9.47 Å².